The molecule has 2 aromatic carbocycles. The second kappa shape index (κ2) is 17.1. The molecule has 0 unspecified atom stereocenters. The van der Waals surface area contributed by atoms with Crippen LogP contribution in [-0.4, -0.2) is 39.2 Å². The predicted molar refractivity (Wildman–Crippen MR) is 162 cm³/mol. The maximum Gasteiger partial charge on any atom is 0.298 e. The SMILES string of the molecule is CCCC(CCC)Cc1ccc(OCCCOc2ccc(CC(CCC)CCC)cc2S(=O)(=O)O)c(S(=O)(=O)O)c1. The first-order chi connectivity index (χ1) is 19.4. The van der Waals surface area contributed by atoms with Gasteiger partial charge in [-0.3, -0.25) is 9.11 Å². The molecule has 0 amide bonds. The Morgan fingerprint density at radius 3 is 1.24 bits per heavy atom. The van der Waals surface area contributed by atoms with E-state index < -0.39 is 20.2 Å². The molecule has 0 spiro atoms. The van der Waals surface area contributed by atoms with Crippen molar-refractivity contribution in [2.45, 2.75) is 108 Å². The fraction of sp³-hybridized carbons (Fsp3) is 0.613. The van der Waals surface area contributed by atoms with Crippen LogP contribution in [0.15, 0.2) is 46.2 Å². The Balaban J connectivity index is 2.06. The lowest BCUT2D eigenvalue weighted by atomic mass is 9.91. The number of ether oxygens (including phenoxy) is 2. The van der Waals surface area contributed by atoms with Gasteiger partial charge in [0.25, 0.3) is 20.2 Å². The highest BCUT2D eigenvalue weighted by molar-refractivity contribution is 7.86. The standard InChI is InChI=1S/C31H48O8S2/c1-5-10-24(11-6-2)20-26-14-16-28(30(22-26)40(32,33)34)38-18-9-19-39-29-17-15-27(23-31(29)41(35,36)37)21-25(12-7-3)13-8-4/h14-17,22-25H,5-13,18-21H2,1-4H3,(H,32,33,34)(H,35,36,37). The summed E-state index contributed by atoms with van der Waals surface area (Å²) in [5.41, 5.74) is 1.66. The zero-order chi connectivity index (χ0) is 30.5. The van der Waals surface area contributed by atoms with Gasteiger partial charge in [-0.1, -0.05) is 91.2 Å². The van der Waals surface area contributed by atoms with Crippen LogP contribution in [0.5, 0.6) is 11.5 Å². The summed E-state index contributed by atoms with van der Waals surface area (Å²) in [5.74, 6) is 0.990. The molecule has 0 saturated heterocycles. The van der Waals surface area contributed by atoms with Crippen molar-refractivity contribution in [1.29, 1.82) is 0 Å². The van der Waals surface area contributed by atoms with Gasteiger partial charge < -0.3 is 9.47 Å². The molecule has 0 atom stereocenters. The first kappa shape index (κ1) is 35.1. The van der Waals surface area contributed by atoms with Crippen LogP contribution in [0, 0.1) is 11.8 Å². The molecule has 2 aromatic rings. The van der Waals surface area contributed by atoms with Crippen molar-refractivity contribution >= 4 is 20.2 Å². The second-order valence-corrected chi connectivity index (χ2v) is 13.6. The fourth-order valence-electron chi connectivity index (χ4n) is 5.42. The van der Waals surface area contributed by atoms with E-state index in [0.29, 0.717) is 18.3 Å². The van der Waals surface area contributed by atoms with Gasteiger partial charge in [0.05, 0.1) is 13.2 Å². The molecular weight excluding hydrogens is 564 g/mol. The Morgan fingerprint density at radius 1 is 0.610 bits per heavy atom. The van der Waals surface area contributed by atoms with Crippen molar-refractivity contribution in [3.05, 3.63) is 47.5 Å². The van der Waals surface area contributed by atoms with Gasteiger partial charge in [-0.2, -0.15) is 16.8 Å². The topological polar surface area (TPSA) is 127 Å². The molecule has 8 nitrogen and oxygen atoms in total. The Labute approximate surface area is 247 Å². The van der Waals surface area contributed by atoms with Crippen LogP contribution in [-0.2, 0) is 33.1 Å². The molecule has 0 aliphatic rings. The van der Waals surface area contributed by atoms with Gasteiger partial charge in [0.1, 0.15) is 21.3 Å². The molecule has 0 aliphatic carbocycles. The van der Waals surface area contributed by atoms with E-state index >= 15 is 0 Å². The van der Waals surface area contributed by atoms with Gasteiger partial charge in [-0.05, 0) is 60.1 Å². The molecular formula is C31H48O8S2. The summed E-state index contributed by atoms with van der Waals surface area (Å²) in [6.45, 7) is 8.66. The Hall–Kier alpha value is -2.14. The second-order valence-electron chi connectivity index (χ2n) is 10.9. The lowest BCUT2D eigenvalue weighted by Crippen LogP contribution is -2.11. The highest BCUT2D eigenvalue weighted by Gasteiger charge is 2.21. The summed E-state index contributed by atoms with van der Waals surface area (Å²) in [6, 6.07) is 9.73. The van der Waals surface area contributed by atoms with Crippen LogP contribution >= 0.6 is 0 Å². The lowest BCUT2D eigenvalue weighted by molar-refractivity contribution is 0.240. The van der Waals surface area contributed by atoms with Crippen LogP contribution in [0.2, 0.25) is 0 Å². The molecule has 0 heterocycles. The third kappa shape index (κ3) is 11.9. The van der Waals surface area contributed by atoms with Crippen LogP contribution in [0.3, 0.4) is 0 Å². The molecule has 0 bridgehead atoms. The highest BCUT2D eigenvalue weighted by atomic mass is 32.2. The van der Waals surface area contributed by atoms with Crippen molar-refractivity contribution in [2.75, 3.05) is 13.2 Å². The van der Waals surface area contributed by atoms with Gasteiger partial charge in [0, 0.05) is 6.42 Å². The van der Waals surface area contributed by atoms with E-state index in [1.807, 2.05) is 12.1 Å². The summed E-state index contributed by atoms with van der Waals surface area (Å²) in [5, 5.41) is 0. The van der Waals surface area contributed by atoms with Crippen molar-refractivity contribution in [2.24, 2.45) is 11.8 Å². The van der Waals surface area contributed by atoms with E-state index in [-0.39, 0.29) is 34.5 Å². The van der Waals surface area contributed by atoms with Crippen LogP contribution < -0.4 is 9.47 Å². The summed E-state index contributed by atoms with van der Waals surface area (Å²) in [6.07, 6.45) is 10.2. The largest absolute Gasteiger partial charge is 0.492 e. The molecule has 2 N–H and O–H groups in total. The minimum atomic E-state index is -4.50. The minimum absolute atomic E-state index is 0.0514. The average molecular weight is 613 g/mol. The van der Waals surface area contributed by atoms with Crippen molar-refractivity contribution in [1.82, 2.24) is 0 Å². The van der Waals surface area contributed by atoms with E-state index in [4.69, 9.17) is 9.47 Å². The number of rotatable bonds is 20. The van der Waals surface area contributed by atoms with E-state index in [9.17, 15) is 25.9 Å². The third-order valence-corrected chi connectivity index (χ3v) is 8.96. The average Bonchev–Trinajstić information content (AvgIpc) is 2.89. The van der Waals surface area contributed by atoms with Crippen LogP contribution in [0.1, 0.15) is 96.6 Å². The van der Waals surface area contributed by atoms with E-state index in [2.05, 4.69) is 27.7 Å². The zero-order valence-corrected chi connectivity index (χ0v) is 26.6. The van der Waals surface area contributed by atoms with E-state index in [0.717, 1.165) is 75.3 Å². The fourth-order valence-corrected chi connectivity index (χ4v) is 6.78. The Kier molecular flexibility index (Phi) is 14.6. The smallest absolute Gasteiger partial charge is 0.298 e. The molecule has 0 aliphatic heterocycles. The van der Waals surface area contributed by atoms with Gasteiger partial charge >= 0.3 is 0 Å². The highest BCUT2D eigenvalue weighted by Crippen LogP contribution is 2.30. The lowest BCUT2D eigenvalue weighted by Gasteiger charge is -2.17. The van der Waals surface area contributed by atoms with Crippen molar-refractivity contribution < 1.29 is 35.4 Å². The van der Waals surface area contributed by atoms with Gasteiger partial charge in [-0.25, -0.2) is 0 Å². The van der Waals surface area contributed by atoms with E-state index in [1.54, 1.807) is 12.1 Å². The molecule has 0 radical (unpaired) electrons. The van der Waals surface area contributed by atoms with Crippen LogP contribution in [0.25, 0.3) is 0 Å². The molecule has 41 heavy (non-hydrogen) atoms. The maximum absolute atomic E-state index is 12.1. The van der Waals surface area contributed by atoms with Crippen molar-refractivity contribution in [3.63, 3.8) is 0 Å². The summed E-state index contributed by atoms with van der Waals surface area (Å²) in [4.78, 5) is -0.535. The third-order valence-electron chi connectivity index (χ3n) is 7.21. The molecule has 0 saturated carbocycles. The van der Waals surface area contributed by atoms with Crippen molar-refractivity contribution in [3.8, 4) is 11.5 Å². The summed E-state index contributed by atoms with van der Waals surface area (Å²) >= 11 is 0. The molecule has 2 rings (SSSR count). The summed E-state index contributed by atoms with van der Waals surface area (Å²) < 4.78 is 79.3. The predicted octanol–water partition coefficient (Wildman–Crippen LogP) is 7.55. The van der Waals surface area contributed by atoms with Gasteiger partial charge in [-0.15, -0.1) is 0 Å². The molecule has 0 fully saturated rings. The number of hydrogen-bond donors (Lipinski definition) is 2. The minimum Gasteiger partial charge on any atom is -0.492 e. The Bertz CT molecular complexity index is 1180. The molecule has 10 heteroatoms. The first-order valence-electron chi connectivity index (χ1n) is 14.9. The number of benzene rings is 2. The molecule has 0 aromatic heterocycles. The zero-order valence-electron chi connectivity index (χ0n) is 25.0. The van der Waals surface area contributed by atoms with Gasteiger partial charge in [0.15, 0.2) is 0 Å². The molecule has 232 valence electrons. The Morgan fingerprint density at radius 2 is 0.951 bits per heavy atom. The van der Waals surface area contributed by atoms with Crippen LogP contribution in [0.4, 0.5) is 0 Å². The maximum atomic E-state index is 12.1. The van der Waals surface area contributed by atoms with E-state index in [1.165, 1.54) is 12.1 Å². The normalized spacial score (nSPS) is 12.3. The first-order valence-corrected chi connectivity index (χ1v) is 17.8. The summed E-state index contributed by atoms with van der Waals surface area (Å²) in [7, 11) is -8.99. The monoisotopic (exact) mass is 612 g/mol. The number of hydrogen-bond acceptors (Lipinski definition) is 6. The quantitative estimate of drug-likeness (QED) is 0.116. The van der Waals surface area contributed by atoms with Gasteiger partial charge in [0.2, 0.25) is 0 Å².